The van der Waals surface area contributed by atoms with Crippen LogP contribution in [-0.4, -0.2) is 5.91 Å². The fourth-order valence-corrected chi connectivity index (χ4v) is 2.49. The van der Waals surface area contributed by atoms with E-state index in [9.17, 15) is 4.79 Å². The first-order valence-corrected chi connectivity index (χ1v) is 7.11. The monoisotopic (exact) mass is 299 g/mol. The van der Waals surface area contributed by atoms with Crippen molar-refractivity contribution < 1.29 is 9.21 Å². The second-order valence-corrected chi connectivity index (χ2v) is 5.46. The molecular weight excluding hydrogens is 286 g/mol. The maximum atomic E-state index is 12.4. The van der Waals surface area contributed by atoms with Gasteiger partial charge in [0.15, 0.2) is 0 Å². The highest BCUT2D eigenvalue weighted by molar-refractivity contribution is 6.21. The van der Waals surface area contributed by atoms with Crippen molar-refractivity contribution in [3.05, 3.63) is 65.9 Å². The van der Waals surface area contributed by atoms with E-state index in [-0.39, 0.29) is 11.3 Å². The van der Waals surface area contributed by atoms with Crippen molar-refractivity contribution in [2.45, 2.75) is 12.3 Å². The van der Waals surface area contributed by atoms with Gasteiger partial charge >= 0.3 is 0 Å². The molecule has 21 heavy (non-hydrogen) atoms. The third kappa shape index (κ3) is 2.65. The minimum atomic E-state index is -0.204. The molecule has 106 valence electrons. The molecular formula is C17H14ClNO2. The van der Waals surface area contributed by atoms with Crippen LogP contribution in [-0.2, 0) is 0 Å². The average Bonchev–Trinajstić information content (AvgIpc) is 2.91. The van der Waals surface area contributed by atoms with Gasteiger partial charge in [-0.05, 0) is 24.6 Å². The highest BCUT2D eigenvalue weighted by Gasteiger charge is 2.15. The van der Waals surface area contributed by atoms with E-state index >= 15 is 0 Å². The van der Waals surface area contributed by atoms with E-state index in [1.54, 1.807) is 0 Å². The Labute approximate surface area is 127 Å². The molecule has 3 nitrogen and oxygen atoms in total. The highest BCUT2D eigenvalue weighted by atomic mass is 35.5. The first-order valence-electron chi connectivity index (χ1n) is 6.67. The SMILES string of the molecule is CC(Cl)c1ccccc1NC(=O)c1coc2ccccc12. The van der Waals surface area contributed by atoms with Crippen molar-refractivity contribution in [3.63, 3.8) is 0 Å². The maximum absolute atomic E-state index is 12.4. The third-order valence-electron chi connectivity index (χ3n) is 3.36. The zero-order valence-electron chi connectivity index (χ0n) is 11.5. The molecule has 0 saturated heterocycles. The predicted octanol–water partition coefficient (Wildman–Crippen LogP) is 4.98. The molecule has 1 atom stereocenters. The Morgan fingerprint density at radius 3 is 2.67 bits per heavy atom. The molecule has 1 aromatic heterocycles. The normalized spacial score (nSPS) is 12.3. The number of anilines is 1. The van der Waals surface area contributed by atoms with Gasteiger partial charge in [-0.2, -0.15) is 0 Å². The van der Waals surface area contributed by atoms with Crippen molar-refractivity contribution in [2.75, 3.05) is 5.32 Å². The van der Waals surface area contributed by atoms with E-state index in [4.69, 9.17) is 16.0 Å². The summed E-state index contributed by atoms with van der Waals surface area (Å²) in [4.78, 5) is 12.4. The van der Waals surface area contributed by atoms with Gasteiger partial charge in [-0.1, -0.05) is 36.4 Å². The number of para-hydroxylation sites is 2. The Morgan fingerprint density at radius 1 is 1.14 bits per heavy atom. The van der Waals surface area contributed by atoms with Crippen LogP contribution in [0.5, 0.6) is 0 Å². The molecule has 0 bridgehead atoms. The Balaban J connectivity index is 1.94. The summed E-state index contributed by atoms with van der Waals surface area (Å²) in [6, 6.07) is 15.0. The largest absolute Gasteiger partial charge is 0.463 e. The van der Waals surface area contributed by atoms with E-state index in [0.717, 1.165) is 16.6 Å². The summed E-state index contributed by atoms with van der Waals surface area (Å²) in [5.41, 5.74) is 2.82. The Bertz CT molecular complexity index is 792. The number of halogens is 1. The van der Waals surface area contributed by atoms with E-state index in [1.165, 1.54) is 6.26 Å². The number of furan rings is 1. The lowest BCUT2D eigenvalue weighted by molar-refractivity contribution is 0.102. The zero-order chi connectivity index (χ0) is 14.8. The summed E-state index contributed by atoms with van der Waals surface area (Å²) < 4.78 is 5.40. The number of benzene rings is 2. The second kappa shape index (κ2) is 5.62. The van der Waals surface area contributed by atoms with Gasteiger partial charge in [0.2, 0.25) is 0 Å². The van der Waals surface area contributed by atoms with Crippen LogP contribution in [0.4, 0.5) is 5.69 Å². The van der Waals surface area contributed by atoms with E-state index < -0.39 is 0 Å². The molecule has 4 heteroatoms. The summed E-state index contributed by atoms with van der Waals surface area (Å²) in [5, 5.41) is 3.52. The van der Waals surface area contributed by atoms with Crippen LogP contribution in [0.15, 0.2) is 59.2 Å². The second-order valence-electron chi connectivity index (χ2n) is 4.80. The number of hydrogen-bond acceptors (Lipinski definition) is 2. The van der Waals surface area contributed by atoms with Gasteiger partial charge in [0, 0.05) is 11.1 Å². The molecule has 3 aromatic rings. The van der Waals surface area contributed by atoms with Crippen molar-refractivity contribution in [3.8, 4) is 0 Å². The van der Waals surface area contributed by atoms with Crippen LogP contribution in [0.2, 0.25) is 0 Å². The number of carbonyl (C=O) groups is 1. The number of amides is 1. The minimum absolute atomic E-state index is 0.178. The van der Waals surface area contributed by atoms with Gasteiger partial charge in [0.05, 0.1) is 10.9 Å². The van der Waals surface area contributed by atoms with Crippen molar-refractivity contribution in [2.24, 2.45) is 0 Å². The Kier molecular flexibility index (Phi) is 3.67. The molecule has 1 unspecified atom stereocenters. The van der Waals surface area contributed by atoms with Gasteiger partial charge in [-0.15, -0.1) is 11.6 Å². The third-order valence-corrected chi connectivity index (χ3v) is 3.60. The number of hydrogen-bond donors (Lipinski definition) is 1. The number of carbonyl (C=O) groups excluding carboxylic acids is 1. The lowest BCUT2D eigenvalue weighted by Crippen LogP contribution is -2.13. The van der Waals surface area contributed by atoms with Gasteiger partial charge in [0.1, 0.15) is 11.8 Å². The van der Waals surface area contributed by atoms with Gasteiger partial charge < -0.3 is 9.73 Å². The quantitative estimate of drug-likeness (QED) is 0.693. The topological polar surface area (TPSA) is 42.2 Å². The molecule has 1 heterocycles. The zero-order valence-corrected chi connectivity index (χ0v) is 12.2. The molecule has 0 radical (unpaired) electrons. The Morgan fingerprint density at radius 2 is 1.86 bits per heavy atom. The minimum Gasteiger partial charge on any atom is -0.463 e. The maximum Gasteiger partial charge on any atom is 0.259 e. The van der Waals surface area contributed by atoms with Crippen molar-refractivity contribution in [1.29, 1.82) is 0 Å². The van der Waals surface area contributed by atoms with E-state index in [1.807, 2.05) is 55.5 Å². The van der Waals surface area contributed by atoms with Crippen LogP contribution in [0.3, 0.4) is 0 Å². The molecule has 0 aliphatic carbocycles. The highest BCUT2D eigenvalue weighted by Crippen LogP contribution is 2.28. The molecule has 0 spiro atoms. The van der Waals surface area contributed by atoms with Crippen LogP contribution in [0.25, 0.3) is 11.0 Å². The molecule has 1 N–H and O–H groups in total. The molecule has 0 fully saturated rings. The number of rotatable bonds is 3. The number of alkyl halides is 1. The van der Waals surface area contributed by atoms with Crippen LogP contribution in [0.1, 0.15) is 28.2 Å². The standard InChI is InChI=1S/C17H14ClNO2/c1-11(18)12-6-2-4-8-15(12)19-17(20)14-10-21-16-9-5-3-7-13(14)16/h2-11H,1H3,(H,19,20). The van der Waals surface area contributed by atoms with Crippen molar-refractivity contribution >= 4 is 34.2 Å². The first kappa shape index (κ1) is 13.7. The number of nitrogens with one attached hydrogen (secondary N) is 1. The van der Waals surface area contributed by atoms with Crippen LogP contribution < -0.4 is 5.32 Å². The first-order chi connectivity index (χ1) is 10.2. The summed E-state index contributed by atoms with van der Waals surface area (Å²) >= 11 is 6.14. The predicted molar refractivity (Wildman–Crippen MR) is 84.9 cm³/mol. The molecule has 0 saturated carbocycles. The van der Waals surface area contributed by atoms with E-state index in [2.05, 4.69) is 5.32 Å². The lowest BCUT2D eigenvalue weighted by Gasteiger charge is -2.12. The summed E-state index contributed by atoms with van der Waals surface area (Å²) in [6.07, 6.45) is 1.48. The molecule has 0 aliphatic rings. The summed E-state index contributed by atoms with van der Waals surface area (Å²) in [6.45, 7) is 1.87. The van der Waals surface area contributed by atoms with Gasteiger partial charge in [-0.25, -0.2) is 0 Å². The van der Waals surface area contributed by atoms with E-state index in [0.29, 0.717) is 11.1 Å². The summed E-state index contributed by atoms with van der Waals surface area (Å²) in [5.74, 6) is -0.204. The fraction of sp³-hybridized carbons (Fsp3) is 0.118. The van der Waals surface area contributed by atoms with Crippen LogP contribution >= 0.6 is 11.6 Å². The molecule has 3 rings (SSSR count). The molecule has 2 aromatic carbocycles. The van der Waals surface area contributed by atoms with Crippen molar-refractivity contribution in [1.82, 2.24) is 0 Å². The lowest BCUT2D eigenvalue weighted by atomic mass is 10.1. The summed E-state index contributed by atoms with van der Waals surface area (Å²) in [7, 11) is 0. The smallest absolute Gasteiger partial charge is 0.259 e. The fourth-order valence-electron chi connectivity index (χ4n) is 2.30. The molecule has 0 aliphatic heterocycles. The van der Waals surface area contributed by atoms with Crippen LogP contribution in [0, 0.1) is 0 Å². The molecule has 1 amide bonds. The van der Waals surface area contributed by atoms with Gasteiger partial charge in [-0.3, -0.25) is 4.79 Å². The van der Waals surface area contributed by atoms with Gasteiger partial charge in [0.25, 0.3) is 5.91 Å². The average molecular weight is 300 g/mol. The number of fused-ring (bicyclic) bond motifs is 1. The Hall–Kier alpha value is -2.26.